The Kier molecular flexibility index (Phi) is 3.72. The molecule has 0 aliphatic heterocycles. The van der Waals surface area contributed by atoms with E-state index in [2.05, 4.69) is 27.5 Å². The molecule has 4 heteroatoms. The number of hydrogen-bond acceptors (Lipinski definition) is 4. The largest absolute Gasteiger partial charge is 0.357 e. The van der Waals surface area contributed by atoms with Crippen LogP contribution in [0.5, 0.6) is 0 Å². The SMILES string of the molecule is CCNC1CCCCc2nc(NC)ncc21. The highest BCUT2D eigenvalue weighted by Gasteiger charge is 2.19. The second kappa shape index (κ2) is 5.25. The number of hydrogen-bond donors (Lipinski definition) is 2. The maximum absolute atomic E-state index is 4.56. The number of aromatic nitrogens is 2. The molecule has 0 aromatic carbocycles. The number of aryl methyl sites for hydroxylation is 1. The van der Waals surface area contributed by atoms with E-state index >= 15 is 0 Å². The Bertz CT molecular complexity index is 351. The smallest absolute Gasteiger partial charge is 0.222 e. The molecule has 0 amide bonds. The van der Waals surface area contributed by atoms with E-state index < -0.39 is 0 Å². The van der Waals surface area contributed by atoms with Crippen molar-refractivity contribution in [1.82, 2.24) is 15.3 Å². The zero-order valence-electron chi connectivity index (χ0n) is 10.1. The van der Waals surface area contributed by atoms with E-state index in [0.717, 1.165) is 18.9 Å². The third-order valence-corrected chi connectivity index (χ3v) is 3.11. The molecule has 0 bridgehead atoms. The Hall–Kier alpha value is -1.16. The molecule has 88 valence electrons. The summed E-state index contributed by atoms with van der Waals surface area (Å²) in [5, 5.41) is 6.52. The van der Waals surface area contributed by atoms with Crippen LogP contribution in [0, 0.1) is 0 Å². The summed E-state index contributed by atoms with van der Waals surface area (Å²) >= 11 is 0. The molecule has 16 heavy (non-hydrogen) atoms. The lowest BCUT2D eigenvalue weighted by molar-refractivity contribution is 0.502. The fourth-order valence-electron chi connectivity index (χ4n) is 2.29. The fourth-order valence-corrected chi connectivity index (χ4v) is 2.29. The fraction of sp³-hybridized carbons (Fsp3) is 0.667. The van der Waals surface area contributed by atoms with Gasteiger partial charge in [0.1, 0.15) is 0 Å². The van der Waals surface area contributed by atoms with Gasteiger partial charge in [-0.25, -0.2) is 9.97 Å². The zero-order valence-corrected chi connectivity index (χ0v) is 10.1. The van der Waals surface area contributed by atoms with Crippen molar-refractivity contribution in [1.29, 1.82) is 0 Å². The van der Waals surface area contributed by atoms with E-state index in [1.807, 2.05) is 13.2 Å². The van der Waals surface area contributed by atoms with Gasteiger partial charge in [0, 0.05) is 24.8 Å². The predicted molar refractivity (Wildman–Crippen MR) is 65.6 cm³/mol. The lowest BCUT2D eigenvalue weighted by atomic mass is 10.1. The van der Waals surface area contributed by atoms with Crippen molar-refractivity contribution < 1.29 is 0 Å². The third-order valence-electron chi connectivity index (χ3n) is 3.11. The summed E-state index contributed by atoms with van der Waals surface area (Å²) in [6, 6.07) is 0.438. The van der Waals surface area contributed by atoms with Crippen molar-refractivity contribution in [2.24, 2.45) is 0 Å². The van der Waals surface area contributed by atoms with E-state index in [4.69, 9.17) is 0 Å². The van der Waals surface area contributed by atoms with Gasteiger partial charge in [0.15, 0.2) is 0 Å². The number of rotatable bonds is 3. The molecule has 0 spiro atoms. The highest BCUT2D eigenvalue weighted by molar-refractivity contribution is 5.31. The monoisotopic (exact) mass is 220 g/mol. The molecule has 1 aromatic heterocycles. The van der Waals surface area contributed by atoms with E-state index in [1.54, 1.807) is 0 Å². The number of anilines is 1. The number of nitrogens with one attached hydrogen (secondary N) is 2. The number of nitrogens with zero attached hydrogens (tertiary/aromatic N) is 2. The van der Waals surface area contributed by atoms with Gasteiger partial charge in [-0.2, -0.15) is 0 Å². The topological polar surface area (TPSA) is 49.8 Å². The quantitative estimate of drug-likeness (QED) is 0.764. The molecule has 1 unspecified atom stereocenters. The molecule has 1 aromatic rings. The Labute approximate surface area is 96.9 Å². The normalized spacial score (nSPS) is 20.0. The lowest BCUT2D eigenvalue weighted by Crippen LogP contribution is -2.21. The van der Waals surface area contributed by atoms with Crippen molar-refractivity contribution in [2.45, 2.75) is 38.6 Å². The second-order valence-corrected chi connectivity index (χ2v) is 4.20. The average molecular weight is 220 g/mol. The highest BCUT2D eigenvalue weighted by Crippen LogP contribution is 2.27. The van der Waals surface area contributed by atoms with Crippen LogP contribution in [0.1, 0.15) is 43.5 Å². The maximum Gasteiger partial charge on any atom is 0.222 e. The summed E-state index contributed by atoms with van der Waals surface area (Å²) in [5.41, 5.74) is 2.50. The molecular formula is C12H20N4. The average Bonchev–Trinajstić information content (AvgIpc) is 2.52. The van der Waals surface area contributed by atoms with Gasteiger partial charge < -0.3 is 10.6 Å². The number of fused-ring (bicyclic) bond motifs is 1. The maximum atomic E-state index is 4.56. The highest BCUT2D eigenvalue weighted by atomic mass is 15.1. The first-order valence-electron chi connectivity index (χ1n) is 6.12. The van der Waals surface area contributed by atoms with Crippen LogP contribution < -0.4 is 10.6 Å². The van der Waals surface area contributed by atoms with Crippen LogP contribution in [-0.2, 0) is 6.42 Å². The van der Waals surface area contributed by atoms with E-state index in [1.165, 1.54) is 30.5 Å². The molecule has 0 saturated carbocycles. The predicted octanol–water partition coefficient (Wildman–Crippen LogP) is 1.90. The Balaban J connectivity index is 2.30. The molecule has 1 aliphatic rings. The van der Waals surface area contributed by atoms with Crippen molar-refractivity contribution in [3.8, 4) is 0 Å². The Morgan fingerprint density at radius 1 is 1.44 bits per heavy atom. The summed E-state index contributed by atoms with van der Waals surface area (Å²) < 4.78 is 0. The van der Waals surface area contributed by atoms with Crippen molar-refractivity contribution in [2.75, 3.05) is 18.9 Å². The second-order valence-electron chi connectivity index (χ2n) is 4.20. The zero-order chi connectivity index (χ0) is 11.4. The van der Waals surface area contributed by atoms with E-state index in [0.29, 0.717) is 6.04 Å². The molecule has 0 radical (unpaired) electrons. The van der Waals surface area contributed by atoms with Gasteiger partial charge in [-0.3, -0.25) is 0 Å². The standard InChI is InChI=1S/C12H20N4/c1-3-14-10-6-4-5-7-11-9(10)8-15-12(13-2)16-11/h8,10,14H,3-7H2,1-2H3,(H,13,15,16). The van der Waals surface area contributed by atoms with Crippen LogP contribution in [0.3, 0.4) is 0 Å². The summed E-state index contributed by atoms with van der Waals surface area (Å²) in [7, 11) is 1.86. The van der Waals surface area contributed by atoms with E-state index in [9.17, 15) is 0 Å². The van der Waals surface area contributed by atoms with Crippen LogP contribution in [0.25, 0.3) is 0 Å². The Morgan fingerprint density at radius 3 is 3.06 bits per heavy atom. The van der Waals surface area contributed by atoms with Gasteiger partial charge in [-0.05, 0) is 25.8 Å². The van der Waals surface area contributed by atoms with Crippen LogP contribution in [0.2, 0.25) is 0 Å². The minimum absolute atomic E-state index is 0.438. The van der Waals surface area contributed by atoms with Gasteiger partial charge in [-0.1, -0.05) is 13.3 Å². The van der Waals surface area contributed by atoms with Crippen LogP contribution in [0.4, 0.5) is 5.95 Å². The molecule has 2 N–H and O–H groups in total. The van der Waals surface area contributed by atoms with Gasteiger partial charge in [0.05, 0.1) is 5.69 Å². The van der Waals surface area contributed by atoms with Crippen LogP contribution in [0.15, 0.2) is 6.20 Å². The first kappa shape index (κ1) is 11.3. The van der Waals surface area contributed by atoms with Gasteiger partial charge in [0.25, 0.3) is 0 Å². The van der Waals surface area contributed by atoms with Crippen LogP contribution in [-0.4, -0.2) is 23.6 Å². The van der Waals surface area contributed by atoms with Crippen molar-refractivity contribution >= 4 is 5.95 Å². The van der Waals surface area contributed by atoms with Crippen LogP contribution >= 0.6 is 0 Å². The minimum atomic E-state index is 0.438. The Morgan fingerprint density at radius 2 is 2.31 bits per heavy atom. The lowest BCUT2D eigenvalue weighted by Gasteiger charge is -2.17. The first-order valence-corrected chi connectivity index (χ1v) is 6.12. The molecule has 1 heterocycles. The minimum Gasteiger partial charge on any atom is -0.357 e. The van der Waals surface area contributed by atoms with Gasteiger partial charge >= 0.3 is 0 Å². The molecule has 1 atom stereocenters. The third kappa shape index (κ3) is 2.32. The molecule has 2 rings (SSSR count). The molecular weight excluding hydrogens is 200 g/mol. The summed E-state index contributed by atoms with van der Waals surface area (Å²) in [6.07, 6.45) is 6.75. The van der Waals surface area contributed by atoms with E-state index in [-0.39, 0.29) is 0 Å². The summed E-state index contributed by atoms with van der Waals surface area (Å²) in [4.78, 5) is 8.88. The van der Waals surface area contributed by atoms with Crippen molar-refractivity contribution in [3.63, 3.8) is 0 Å². The molecule has 4 nitrogen and oxygen atoms in total. The summed E-state index contributed by atoms with van der Waals surface area (Å²) in [5.74, 6) is 0.732. The molecule has 1 aliphatic carbocycles. The first-order chi connectivity index (χ1) is 7.85. The van der Waals surface area contributed by atoms with Crippen molar-refractivity contribution in [3.05, 3.63) is 17.5 Å². The summed E-state index contributed by atoms with van der Waals surface area (Å²) in [6.45, 7) is 3.14. The molecule has 0 fully saturated rings. The molecule has 0 saturated heterocycles. The van der Waals surface area contributed by atoms with Gasteiger partial charge in [0.2, 0.25) is 5.95 Å². The van der Waals surface area contributed by atoms with Gasteiger partial charge in [-0.15, -0.1) is 0 Å².